The Morgan fingerprint density at radius 2 is 0.579 bits per heavy atom. The zero-order valence-corrected chi connectivity index (χ0v) is 63.6. The van der Waals surface area contributed by atoms with Crippen molar-refractivity contribution in [2.24, 2.45) is 5.73 Å². The van der Waals surface area contributed by atoms with E-state index in [9.17, 15) is 19.0 Å². The molecule has 0 aliphatic rings. The van der Waals surface area contributed by atoms with Gasteiger partial charge in [0.1, 0.15) is 6.61 Å². The molecule has 0 aliphatic heterocycles. The topological polar surface area (TPSA) is 134 Å². The summed E-state index contributed by atoms with van der Waals surface area (Å²) in [6.07, 6.45) is 109. The van der Waals surface area contributed by atoms with Crippen LogP contribution in [0.1, 0.15) is 412 Å². The van der Waals surface area contributed by atoms with Crippen LogP contribution in [0.15, 0.2) is 85.1 Å². The van der Waals surface area contributed by atoms with Gasteiger partial charge in [-0.3, -0.25) is 18.6 Å². The van der Waals surface area contributed by atoms with Gasteiger partial charge in [-0.1, -0.05) is 394 Å². The van der Waals surface area contributed by atoms with Crippen LogP contribution >= 0.6 is 7.82 Å². The van der Waals surface area contributed by atoms with Gasteiger partial charge in [-0.05, 0) is 89.9 Å². The first-order valence-corrected chi connectivity index (χ1v) is 42.6. The van der Waals surface area contributed by atoms with Crippen molar-refractivity contribution < 1.29 is 37.6 Å². The lowest BCUT2D eigenvalue weighted by molar-refractivity contribution is -0.161. The molecule has 0 radical (unpaired) electrons. The number of allylic oxidation sites excluding steroid dienone is 14. The highest BCUT2D eigenvalue weighted by molar-refractivity contribution is 7.47. The highest BCUT2D eigenvalue weighted by Crippen LogP contribution is 2.43. The van der Waals surface area contributed by atoms with Crippen molar-refractivity contribution in [3.05, 3.63) is 85.1 Å². The average molecular weight is 1350 g/mol. The third-order valence-corrected chi connectivity index (χ3v) is 19.2. The Kier molecular flexibility index (Phi) is 77.8. The van der Waals surface area contributed by atoms with Crippen molar-refractivity contribution in [1.29, 1.82) is 0 Å². The Morgan fingerprint density at radius 1 is 0.326 bits per heavy atom. The standard InChI is InChI=1S/C85H156NO8P/c1-3-5-7-9-11-13-15-17-19-21-23-25-27-29-31-33-35-37-39-40-41-42-44-46-48-50-52-54-56-58-60-62-64-66-68-70-72-74-76-78-85(88)94-83(82-93-95(89,90)92-80-79-86)81-91-84(87)77-75-73-71-69-67-65-63-61-59-57-55-53-51-49-47-45-43-38-36-34-32-30-28-26-24-22-20-18-16-14-12-10-8-6-4-2/h5,7,11,13,16-19,22-25,29,31,83H,3-4,6,8-10,12,14-15,20-21,26-28,30,32-82,86H2,1-2H3,(H,89,90)/b7-5-,13-11-,18-16-,19-17-,24-22-,25-23-,31-29-. The Balaban J connectivity index is 3.75. The van der Waals surface area contributed by atoms with E-state index >= 15 is 0 Å². The lowest BCUT2D eigenvalue weighted by Crippen LogP contribution is -2.29. The number of carbonyl (C=O) groups excluding carboxylic acids is 2. The van der Waals surface area contributed by atoms with Gasteiger partial charge in [-0.15, -0.1) is 0 Å². The Morgan fingerprint density at radius 3 is 0.863 bits per heavy atom. The van der Waals surface area contributed by atoms with Crippen molar-refractivity contribution in [2.45, 2.75) is 418 Å². The number of hydrogen-bond acceptors (Lipinski definition) is 8. The largest absolute Gasteiger partial charge is 0.472 e. The van der Waals surface area contributed by atoms with Crippen LogP contribution in [0.25, 0.3) is 0 Å². The quantitative estimate of drug-likeness (QED) is 0.0264. The Bertz CT molecular complexity index is 1840. The second-order valence-corrected chi connectivity index (χ2v) is 29.1. The van der Waals surface area contributed by atoms with E-state index in [1.165, 1.54) is 308 Å². The summed E-state index contributed by atoms with van der Waals surface area (Å²) in [7, 11) is -4.40. The van der Waals surface area contributed by atoms with Gasteiger partial charge < -0.3 is 20.1 Å². The van der Waals surface area contributed by atoms with Gasteiger partial charge in [-0.25, -0.2) is 4.57 Å². The van der Waals surface area contributed by atoms with Crippen molar-refractivity contribution >= 4 is 19.8 Å². The van der Waals surface area contributed by atoms with E-state index in [0.29, 0.717) is 6.42 Å². The molecular formula is C85H156NO8P. The third kappa shape index (κ3) is 80.1. The van der Waals surface area contributed by atoms with Crippen LogP contribution in [0.4, 0.5) is 0 Å². The molecule has 554 valence electrons. The molecule has 0 spiro atoms. The summed E-state index contributed by atoms with van der Waals surface area (Å²) >= 11 is 0. The molecule has 2 atom stereocenters. The lowest BCUT2D eigenvalue weighted by atomic mass is 10.0. The number of carbonyl (C=O) groups is 2. The number of phosphoric acid groups is 1. The van der Waals surface area contributed by atoms with E-state index < -0.39 is 26.5 Å². The van der Waals surface area contributed by atoms with Gasteiger partial charge in [0.05, 0.1) is 13.2 Å². The number of unbranched alkanes of at least 4 members (excludes halogenated alkanes) is 51. The number of rotatable bonds is 78. The normalized spacial score (nSPS) is 13.3. The maximum Gasteiger partial charge on any atom is 0.472 e. The fourth-order valence-electron chi connectivity index (χ4n) is 12.2. The molecule has 3 N–H and O–H groups in total. The van der Waals surface area contributed by atoms with E-state index in [-0.39, 0.29) is 38.6 Å². The van der Waals surface area contributed by atoms with Crippen LogP contribution < -0.4 is 5.73 Å². The Hall–Kier alpha value is -2.81. The molecule has 0 rings (SSSR count). The molecule has 9 nitrogen and oxygen atoms in total. The summed E-state index contributed by atoms with van der Waals surface area (Å²) in [4.78, 5) is 35.5. The highest BCUT2D eigenvalue weighted by Gasteiger charge is 2.26. The number of esters is 2. The minimum absolute atomic E-state index is 0.0546. The van der Waals surface area contributed by atoms with E-state index in [4.69, 9.17) is 24.3 Å². The monoisotopic (exact) mass is 1350 g/mol. The van der Waals surface area contributed by atoms with E-state index in [2.05, 4.69) is 98.9 Å². The molecular weight excluding hydrogens is 1190 g/mol. The minimum Gasteiger partial charge on any atom is -0.462 e. The first-order chi connectivity index (χ1) is 46.8. The molecule has 95 heavy (non-hydrogen) atoms. The van der Waals surface area contributed by atoms with E-state index in [0.717, 1.165) is 70.6 Å². The van der Waals surface area contributed by atoms with Gasteiger partial charge in [0, 0.05) is 19.4 Å². The number of hydrogen-bond donors (Lipinski definition) is 2. The third-order valence-electron chi connectivity index (χ3n) is 18.3. The Labute approximate surface area is 589 Å². The first-order valence-electron chi connectivity index (χ1n) is 41.1. The summed E-state index contributed by atoms with van der Waals surface area (Å²) in [6.45, 7) is 3.69. The zero-order chi connectivity index (χ0) is 68.6. The van der Waals surface area contributed by atoms with E-state index in [1.807, 2.05) is 0 Å². The molecule has 0 aromatic carbocycles. The van der Waals surface area contributed by atoms with Crippen LogP contribution in [0.5, 0.6) is 0 Å². The molecule has 0 aromatic heterocycles. The van der Waals surface area contributed by atoms with Crippen molar-refractivity contribution in [3.63, 3.8) is 0 Å². The summed E-state index contributed by atoms with van der Waals surface area (Å²) in [5.74, 6) is -0.805. The number of ether oxygens (including phenoxy) is 2. The van der Waals surface area contributed by atoms with Gasteiger partial charge in [-0.2, -0.15) is 0 Å². The second kappa shape index (κ2) is 80.2. The molecule has 2 unspecified atom stereocenters. The molecule has 0 saturated heterocycles. The average Bonchev–Trinajstić information content (AvgIpc) is 3.16. The zero-order valence-electron chi connectivity index (χ0n) is 62.7. The van der Waals surface area contributed by atoms with Crippen LogP contribution in [-0.2, 0) is 32.7 Å². The van der Waals surface area contributed by atoms with Gasteiger partial charge in [0.2, 0.25) is 0 Å². The molecule has 0 saturated carbocycles. The number of nitrogens with two attached hydrogens (primary N) is 1. The summed E-state index contributed by atoms with van der Waals surface area (Å²) < 4.78 is 33.3. The SMILES string of the molecule is CC/C=C\C/C=C\C/C=C\C/C=C\C/C=C\CCCCCCCCCCCCCCCCCCCCCCCCCC(=O)OC(COC(=O)CCCCCCCCCCCCCCCCCCCCCCCCC/C=C\C/C=C\CCCCCCC)COP(=O)(O)OCCN. The van der Waals surface area contributed by atoms with Crippen molar-refractivity contribution in [1.82, 2.24) is 0 Å². The molecule has 0 bridgehead atoms. The molecule has 10 heteroatoms. The molecule has 0 fully saturated rings. The summed E-state index contributed by atoms with van der Waals surface area (Å²) in [5.41, 5.74) is 5.42. The fourth-order valence-corrected chi connectivity index (χ4v) is 13.0. The van der Waals surface area contributed by atoms with Gasteiger partial charge in [0.25, 0.3) is 0 Å². The molecule has 0 heterocycles. The molecule has 0 amide bonds. The number of phosphoric ester groups is 1. The highest BCUT2D eigenvalue weighted by atomic mass is 31.2. The molecule has 0 aromatic rings. The predicted molar refractivity (Wildman–Crippen MR) is 413 cm³/mol. The van der Waals surface area contributed by atoms with Crippen molar-refractivity contribution in [3.8, 4) is 0 Å². The summed E-state index contributed by atoms with van der Waals surface area (Å²) in [6, 6.07) is 0. The second-order valence-electron chi connectivity index (χ2n) is 27.6. The maximum absolute atomic E-state index is 12.8. The maximum atomic E-state index is 12.8. The fraction of sp³-hybridized carbons (Fsp3) is 0.812. The predicted octanol–water partition coefficient (Wildman–Crippen LogP) is 27.7. The summed E-state index contributed by atoms with van der Waals surface area (Å²) in [5, 5.41) is 0. The van der Waals surface area contributed by atoms with Crippen LogP contribution in [0.3, 0.4) is 0 Å². The van der Waals surface area contributed by atoms with Crippen LogP contribution in [0, 0.1) is 0 Å². The molecule has 0 aliphatic carbocycles. The van der Waals surface area contributed by atoms with E-state index in [1.54, 1.807) is 0 Å². The first kappa shape index (κ1) is 92.2. The smallest absolute Gasteiger partial charge is 0.462 e. The van der Waals surface area contributed by atoms with Gasteiger partial charge in [0.15, 0.2) is 6.10 Å². The minimum atomic E-state index is -4.40. The van der Waals surface area contributed by atoms with Gasteiger partial charge >= 0.3 is 19.8 Å². The lowest BCUT2D eigenvalue weighted by Gasteiger charge is -2.19. The van der Waals surface area contributed by atoms with Crippen molar-refractivity contribution in [2.75, 3.05) is 26.4 Å². The van der Waals surface area contributed by atoms with Crippen LogP contribution in [0.2, 0.25) is 0 Å². The van der Waals surface area contributed by atoms with Crippen LogP contribution in [-0.4, -0.2) is 49.3 Å².